The van der Waals surface area contributed by atoms with Gasteiger partial charge in [0.2, 0.25) is 5.91 Å². The molecule has 1 amide bonds. The van der Waals surface area contributed by atoms with Crippen molar-refractivity contribution in [2.75, 3.05) is 19.6 Å². The molecule has 1 aliphatic rings. The highest BCUT2D eigenvalue weighted by atomic mass is 16.1. The molecule has 0 atom stereocenters. The van der Waals surface area contributed by atoms with Crippen LogP contribution in [0.1, 0.15) is 64.7 Å². The van der Waals surface area contributed by atoms with Crippen molar-refractivity contribution >= 4 is 5.91 Å². The van der Waals surface area contributed by atoms with Gasteiger partial charge in [-0.1, -0.05) is 51.9 Å². The fourth-order valence-electron chi connectivity index (χ4n) is 2.92. The van der Waals surface area contributed by atoms with E-state index in [1.807, 2.05) is 0 Å². The standard InChI is InChI=1S/C15H30N2O/c1-2-3-7-11-17(13-15(16)18)12-10-14-8-5-4-6-9-14/h14H,2-13H2,1H3,(H2,16,18). The molecule has 3 heteroatoms. The van der Waals surface area contributed by atoms with Gasteiger partial charge in [0.1, 0.15) is 0 Å². The lowest BCUT2D eigenvalue weighted by molar-refractivity contribution is -0.119. The summed E-state index contributed by atoms with van der Waals surface area (Å²) in [5.74, 6) is 0.704. The molecule has 0 aromatic heterocycles. The summed E-state index contributed by atoms with van der Waals surface area (Å²) in [6, 6.07) is 0. The van der Waals surface area contributed by atoms with Crippen LogP contribution in [0.3, 0.4) is 0 Å². The number of hydrogen-bond donors (Lipinski definition) is 1. The Balaban J connectivity index is 2.22. The van der Waals surface area contributed by atoms with Gasteiger partial charge in [0, 0.05) is 0 Å². The second kappa shape index (κ2) is 9.37. The summed E-state index contributed by atoms with van der Waals surface area (Å²) >= 11 is 0. The number of nitrogens with zero attached hydrogens (tertiary/aromatic N) is 1. The number of hydrogen-bond acceptors (Lipinski definition) is 2. The van der Waals surface area contributed by atoms with Crippen molar-refractivity contribution in [3.8, 4) is 0 Å². The number of rotatable bonds is 9. The zero-order chi connectivity index (χ0) is 13.2. The van der Waals surface area contributed by atoms with E-state index in [1.54, 1.807) is 0 Å². The maximum absolute atomic E-state index is 11.1. The Morgan fingerprint density at radius 3 is 2.50 bits per heavy atom. The number of carbonyl (C=O) groups excluding carboxylic acids is 1. The molecule has 1 rings (SSSR count). The highest BCUT2D eigenvalue weighted by molar-refractivity contribution is 5.75. The summed E-state index contributed by atoms with van der Waals surface area (Å²) in [5.41, 5.74) is 5.33. The normalized spacial score (nSPS) is 17.2. The van der Waals surface area contributed by atoms with Gasteiger partial charge in [-0.25, -0.2) is 0 Å². The van der Waals surface area contributed by atoms with Gasteiger partial charge in [0.15, 0.2) is 0 Å². The zero-order valence-corrected chi connectivity index (χ0v) is 12.0. The lowest BCUT2D eigenvalue weighted by atomic mass is 9.87. The lowest BCUT2D eigenvalue weighted by Gasteiger charge is -2.26. The molecular weight excluding hydrogens is 224 g/mol. The molecule has 1 aliphatic carbocycles. The van der Waals surface area contributed by atoms with E-state index in [2.05, 4.69) is 11.8 Å². The van der Waals surface area contributed by atoms with E-state index in [0.29, 0.717) is 6.54 Å². The fourth-order valence-corrected chi connectivity index (χ4v) is 2.92. The molecule has 0 unspecified atom stereocenters. The Hall–Kier alpha value is -0.570. The summed E-state index contributed by atoms with van der Waals surface area (Å²) in [6.07, 6.45) is 11.9. The Labute approximate surface area is 112 Å². The van der Waals surface area contributed by atoms with Crippen molar-refractivity contribution in [2.45, 2.75) is 64.7 Å². The molecule has 1 saturated carbocycles. The Morgan fingerprint density at radius 2 is 1.89 bits per heavy atom. The van der Waals surface area contributed by atoms with Crippen LogP contribution >= 0.6 is 0 Å². The molecule has 2 N–H and O–H groups in total. The van der Waals surface area contributed by atoms with Crippen LogP contribution in [-0.4, -0.2) is 30.4 Å². The summed E-state index contributed by atoms with van der Waals surface area (Å²) < 4.78 is 0. The Kier molecular flexibility index (Phi) is 8.06. The third-order valence-corrected chi connectivity index (χ3v) is 4.04. The van der Waals surface area contributed by atoms with Crippen LogP contribution < -0.4 is 5.73 Å². The fraction of sp³-hybridized carbons (Fsp3) is 0.933. The average Bonchev–Trinajstić information content (AvgIpc) is 2.37. The first-order valence-corrected chi connectivity index (χ1v) is 7.73. The Morgan fingerprint density at radius 1 is 1.17 bits per heavy atom. The first kappa shape index (κ1) is 15.5. The third-order valence-electron chi connectivity index (χ3n) is 4.04. The maximum Gasteiger partial charge on any atom is 0.231 e. The average molecular weight is 254 g/mol. The van der Waals surface area contributed by atoms with Crippen molar-refractivity contribution in [3.63, 3.8) is 0 Å². The predicted octanol–water partition coefficient (Wildman–Crippen LogP) is 2.93. The van der Waals surface area contributed by atoms with Crippen LogP contribution in [0.4, 0.5) is 0 Å². The van der Waals surface area contributed by atoms with E-state index < -0.39 is 0 Å². The van der Waals surface area contributed by atoms with Crippen molar-refractivity contribution in [2.24, 2.45) is 11.7 Å². The van der Waals surface area contributed by atoms with E-state index in [4.69, 9.17) is 5.73 Å². The summed E-state index contributed by atoms with van der Waals surface area (Å²) in [4.78, 5) is 13.3. The van der Waals surface area contributed by atoms with E-state index in [-0.39, 0.29) is 5.91 Å². The monoisotopic (exact) mass is 254 g/mol. The second-order valence-corrected chi connectivity index (χ2v) is 5.74. The SMILES string of the molecule is CCCCCN(CCC1CCCCC1)CC(N)=O. The van der Waals surface area contributed by atoms with Crippen molar-refractivity contribution in [1.29, 1.82) is 0 Å². The van der Waals surface area contributed by atoms with Crippen molar-refractivity contribution < 1.29 is 4.79 Å². The molecule has 106 valence electrons. The maximum atomic E-state index is 11.1. The highest BCUT2D eigenvalue weighted by Crippen LogP contribution is 2.26. The van der Waals surface area contributed by atoms with E-state index in [0.717, 1.165) is 19.0 Å². The zero-order valence-electron chi connectivity index (χ0n) is 12.0. The minimum atomic E-state index is -0.185. The number of nitrogens with two attached hydrogens (primary N) is 1. The van der Waals surface area contributed by atoms with Crippen molar-refractivity contribution in [3.05, 3.63) is 0 Å². The minimum Gasteiger partial charge on any atom is -0.369 e. The van der Waals surface area contributed by atoms with Crippen LogP contribution in [-0.2, 0) is 4.79 Å². The van der Waals surface area contributed by atoms with Crippen LogP contribution in [0, 0.1) is 5.92 Å². The molecule has 0 heterocycles. The smallest absolute Gasteiger partial charge is 0.231 e. The molecule has 0 saturated heterocycles. The molecule has 1 fully saturated rings. The topological polar surface area (TPSA) is 46.3 Å². The van der Waals surface area contributed by atoms with Gasteiger partial charge < -0.3 is 5.73 Å². The molecule has 0 spiro atoms. The van der Waals surface area contributed by atoms with Crippen LogP contribution in [0.2, 0.25) is 0 Å². The molecule has 0 aromatic rings. The van der Waals surface area contributed by atoms with Crippen LogP contribution in [0.15, 0.2) is 0 Å². The summed E-state index contributed by atoms with van der Waals surface area (Å²) in [6.45, 7) is 4.73. The lowest BCUT2D eigenvalue weighted by Crippen LogP contribution is -2.36. The quantitative estimate of drug-likeness (QED) is 0.643. The molecule has 0 bridgehead atoms. The second-order valence-electron chi connectivity index (χ2n) is 5.74. The third kappa shape index (κ3) is 7.00. The van der Waals surface area contributed by atoms with Gasteiger partial charge in [-0.05, 0) is 31.8 Å². The van der Waals surface area contributed by atoms with Gasteiger partial charge in [-0.2, -0.15) is 0 Å². The van der Waals surface area contributed by atoms with Gasteiger partial charge in [0.25, 0.3) is 0 Å². The number of primary amides is 1. The van der Waals surface area contributed by atoms with E-state index in [1.165, 1.54) is 57.8 Å². The largest absolute Gasteiger partial charge is 0.369 e. The van der Waals surface area contributed by atoms with Gasteiger partial charge in [0.05, 0.1) is 6.54 Å². The Bertz CT molecular complexity index is 225. The van der Waals surface area contributed by atoms with E-state index in [9.17, 15) is 4.79 Å². The highest BCUT2D eigenvalue weighted by Gasteiger charge is 2.15. The summed E-state index contributed by atoms with van der Waals surface area (Å²) in [7, 11) is 0. The number of unbranched alkanes of at least 4 members (excludes halogenated alkanes) is 2. The van der Waals surface area contributed by atoms with Gasteiger partial charge >= 0.3 is 0 Å². The minimum absolute atomic E-state index is 0.185. The molecule has 18 heavy (non-hydrogen) atoms. The number of amides is 1. The van der Waals surface area contributed by atoms with E-state index >= 15 is 0 Å². The van der Waals surface area contributed by atoms with Gasteiger partial charge in [-0.15, -0.1) is 0 Å². The predicted molar refractivity (Wildman–Crippen MR) is 76.4 cm³/mol. The van der Waals surface area contributed by atoms with Crippen LogP contribution in [0.5, 0.6) is 0 Å². The number of carbonyl (C=O) groups is 1. The first-order chi connectivity index (χ1) is 8.72. The van der Waals surface area contributed by atoms with Crippen LogP contribution in [0.25, 0.3) is 0 Å². The van der Waals surface area contributed by atoms with Gasteiger partial charge in [-0.3, -0.25) is 9.69 Å². The first-order valence-electron chi connectivity index (χ1n) is 7.73. The van der Waals surface area contributed by atoms with Crippen molar-refractivity contribution in [1.82, 2.24) is 4.90 Å². The molecular formula is C15H30N2O. The molecule has 0 aromatic carbocycles. The molecule has 3 nitrogen and oxygen atoms in total. The molecule has 0 aliphatic heterocycles. The molecule has 0 radical (unpaired) electrons. The summed E-state index contributed by atoms with van der Waals surface area (Å²) in [5, 5.41) is 0.